The van der Waals surface area contributed by atoms with Gasteiger partial charge in [0.15, 0.2) is 5.69 Å². The molecule has 0 spiro atoms. The third-order valence-corrected chi connectivity index (χ3v) is 3.47. The van der Waals surface area contributed by atoms with Gasteiger partial charge < -0.3 is 10.4 Å². The van der Waals surface area contributed by atoms with Gasteiger partial charge in [0.05, 0.1) is 12.3 Å². The molecule has 112 valence electrons. The molecule has 0 bridgehead atoms. The number of amides is 1. The molecule has 2 N–H and O–H groups in total. The number of carbonyl (C=O) groups excluding carboxylic acids is 1. The number of carbonyl (C=O) groups is 1. The first kappa shape index (κ1) is 14.2. The van der Waals surface area contributed by atoms with Crippen LogP contribution in [0.2, 0.25) is 0 Å². The molecule has 0 aliphatic heterocycles. The van der Waals surface area contributed by atoms with E-state index < -0.39 is 6.10 Å². The van der Waals surface area contributed by atoms with Crippen molar-refractivity contribution in [2.75, 3.05) is 6.54 Å². The van der Waals surface area contributed by atoms with E-state index >= 15 is 0 Å². The maximum Gasteiger partial charge on any atom is 0.273 e. The molecule has 2 aromatic carbocycles. The summed E-state index contributed by atoms with van der Waals surface area (Å²) in [5.41, 5.74) is 1.02. The van der Waals surface area contributed by atoms with E-state index in [1.165, 1.54) is 10.9 Å². The van der Waals surface area contributed by atoms with Crippen LogP contribution in [0.5, 0.6) is 0 Å². The third-order valence-electron chi connectivity index (χ3n) is 3.47. The van der Waals surface area contributed by atoms with Gasteiger partial charge in [-0.05, 0) is 16.3 Å². The van der Waals surface area contributed by atoms with Crippen LogP contribution in [0.25, 0.3) is 10.8 Å². The first-order chi connectivity index (χ1) is 10.6. The van der Waals surface area contributed by atoms with Gasteiger partial charge in [0.1, 0.15) is 0 Å². The average Bonchev–Trinajstić information content (AvgIpc) is 2.98. The van der Waals surface area contributed by atoms with Crippen LogP contribution in [0.15, 0.2) is 48.7 Å². The maximum atomic E-state index is 11.9. The van der Waals surface area contributed by atoms with E-state index in [-0.39, 0.29) is 18.1 Å². The van der Waals surface area contributed by atoms with E-state index in [9.17, 15) is 9.90 Å². The van der Waals surface area contributed by atoms with Gasteiger partial charge in [-0.15, -0.1) is 5.10 Å². The quantitative estimate of drug-likeness (QED) is 0.763. The second kappa shape index (κ2) is 5.95. The molecule has 3 rings (SSSR count). The highest BCUT2D eigenvalue weighted by atomic mass is 16.3. The van der Waals surface area contributed by atoms with Gasteiger partial charge in [0.25, 0.3) is 5.91 Å². The summed E-state index contributed by atoms with van der Waals surface area (Å²) in [6, 6.07) is 13.6. The Balaban J connectivity index is 1.74. The molecular formula is C16H16N4O2. The molecule has 6 heteroatoms. The summed E-state index contributed by atoms with van der Waals surface area (Å²) in [6.07, 6.45) is 0.742. The van der Waals surface area contributed by atoms with E-state index in [1.54, 1.807) is 7.05 Å². The zero-order valence-corrected chi connectivity index (χ0v) is 12.1. The van der Waals surface area contributed by atoms with Crippen molar-refractivity contribution in [3.63, 3.8) is 0 Å². The largest absolute Gasteiger partial charge is 0.387 e. The highest BCUT2D eigenvalue weighted by Gasteiger charge is 2.14. The van der Waals surface area contributed by atoms with Crippen LogP contribution in [0, 0.1) is 0 Å². The Morgan fingerprint density at radius 3 is 2.82 bits per heavy atom. The minimum atomic E-state index is -0.785. The van der Waals surface area contributed by atoms with E-state index in [2.05, 4.69) is 15.6 Å². The number of aliphatic hydroxyl groups is 1. The fraction of sp³-hybridized carbons (Fsp3) is 0.188. The number of aliphatic hydroxyl groups excluding tert-OH is 1. The Labute approximate surface area is 127 Å². The lowest BCUT2D eigenvalue weighted by atomic mass is 10.0. The fourth-order valence-corrected chi connectivity index (χ4v) is 2.38. The lowest BCUT2D eigenvalue weighted by molar-refractivity contribution is 0.0912. The van der Waals surface area contributed by atoms with E-state index in [0.717, 1.165) is 16.3 Å². The smallest absolute Gasteiger partial charge is 0.273 e. The molecule has 1 atom stereocenters. The molecule has 1 unspecified atom stereocenters. The number of aryl methyl sites for hydroxylation is 1. The van der Waals surface area contributed by atoms with Crippen LogP contribution >= 0.6 is 0 Å². The van der Waals surface area contributed by atoms with Gasteiger partial charge in [0.2, 0.25) is 0 Å². The van der Waals surface area contributed by atoms with Crippen molar-refractivity contribution < 1.29 is 9.90 Å². The maximum absolute atomic E-state index is 11.9. The molecule has 0 radical (unpaired) electrons. The van der Waals surface area contributed by atoms with Gasteiger partial charge in [-0.1, -0.05) is 47.7 Å². The summed E-state index contributed by atoms with van der Waals surface area (Å²) < 4.78 is 1.45. The second-order valence-electron chi connectivity index (χ2n) is 5.07. The summed E-state index contributed by atoms with van der Waals surface area (Å²) in [4.78, 5) is 11.9. The van der Waals surface area contributed by atoms with Gasteiger partial charge in [0, 0.05) is 13.6 Å². The first-order valence-electron chi connectivity index (χ1n) is 6.95. The number of nitrogens with zero attached hydrogens (tertiary/aromatic N) is 3. The molecule has 0 saturated heterocycles. The standard InChI is InChI=1S/C16H16N4O2/c1-20-10-14(18-19-20)16(22)17-9-15(21)13-8-4-6-11-5-2-3-7-12(11)13/h2-8,10,15,21H,9H2,1H3,(H,17,22). The molecule has 6 nitrogen and oxygen atoms in total. The van der Waals surface area contributed by atoms with Crippen LogP contribution in [-0.4, -0.2) is 32.6 Å². The zero-order chi connectivity index (χ0) is 15.5. The van der Waals surface area contributed by atoms with Crippen molar-refractivity contribution in [3.05, 3.63) is 59.9 Å². The number of fused-ring (bicyclic) bond motifs is 1. The van der Waals surface area contributed by atoms with Crippen LogP contribution in [0.4, 0.5) is 0 Å². The van der Waals surface area contributed by atoms with Crippen LogP contribution in [-0.2, 0) is 7.05 Å². The number of benzene rings is 2. The first-order valence-corrected chi connectivity index (χ1v) is 6.95. The summed E-state index contributed by atoms with van der Waals surface area (Å²) in [5, 5.41) is 22.5. The predicted molar refractivity (Wildman–Crippen MR) is 82.2 cm³/mol. The van der Waals surface area contributed by atoms with E-state index in [1.807, 2.05) is 42.5 Å². The van der Waals surface area contributed by atoms with Crippen LogP contribution < -0.4 is 5.32 Å². The number of hydrogen-bond acceptors (Lipinski definition) is 4. The second-order valence-corrected chi connectivity index (χ2v) is 5.07. The van der Waals surface area contributed by atoms with Crippen LogP contribution in [0.1, 0.15) is 22.2 Å². The summed E-state index contributed by atoms with van der Waals surface area (Å²) in [7, 11) is 1.69. The Morgan fingerprint density at radius 2 is 2.05 bits per heavy atom. The molecule has 1 aromatic heterocycles. The van der Waals surface area contributed by atoms with Gasteiger partial charge in [-0.25, -0.2) is 0 Å². The zero-order valence-electron chi connectivity index (χ0n) is 12.1. The average molecular weight is 296 g/mol. The van der Waals surface area contributed by atoms with Crippen molar-refractivity contribution in [3.8, 4) is 0 Å². The fourth-order valence-electron chi connectivity index (χ4n) is 2.38. The lowest BCUT2D eigenvalue weighted by Crippen LogP contribution is -2.28. The van der Waals surface area contributed by atoms with Gasteiger partial charge >= 0.3 is 0 Å². The number of rotatable bonds is 4. The summed E-state index contributed by atoms with van der Waals surface area (Å²) in [5.74, 6) is -0.354. The minimum absolute atomic E-state index is 0.114. The summed E-state index contributed by atoms with van der Waals surface area (Å²) >= 11 is 0. The van der Waals surface area contributed by atoms with Crippen molar-refractivity contribution in [2.24, 2.45) is 7.05 Å². The highest BCUT2D eigenvalue weighted by molar-refractivity contribution is 5.92. The summed E-state index contributed by atoms with van der Waals surface area (Å²) in [6.45, 7) is 0.114. The normalized spacial score (nSPS) is 12.3. The predicted octanol–water partition coefficient (Wildman–Crippen LogP) is 1.43. The SMILES string of the molecule is Cn1cc(C(=O)NCC(O)c2cccc3ccccc23)nn1. The minimum Gasteiger partial charge on any atom is -0.387 e. The molecule has 3 aromatic rings. The van der Waals surface area contributed by atoms with Crippen LogP contribution in [0.3, 0.4) is 0 Å². The van der Waals surface area contributed by atoms with E-state index in [4.69, 9.17) is 0 Å². The number of nitrogens with one attached hydrogen (secondary N) is 1. The number of hydrogen-bond donors (Lipinski definition) is 2. The molecule has 0 fully saturated rings. The van der Waals surface area contributed by atoms with Crippen molar-refractivity contribution >= 4 is 16.7 Å². The van der Waals surface area contributed by atoms with E-state index in [0.29, 0.717) is 0 Å². The Kier molecular flexibility index (Phi) is 3.84. The molecule has 0 saturated carbocycles. The topological polar surface area (TPSA) is 80.0 Å². The van der Waals surface area contributed by atoms with Gasteiger partial charge in [-0.2, -0.15) is 0 Å². The molecular weight excluding hydrogens is 280 g/mol. The monoisotopic (exact) mass is 296 g/mol. The van der Waals surface area contributed by atoms with Crippen molar-refractivity contribution in [1.29, 1.82) is 0 Å². The molecule has 0 aliphatic carbocycles. The van der Waals surface area contributed by atoms with Crippen molar-refractivity contribution in [1.82, 2.24) is 20.3 Å². The molecule has 0 aliphatic rings. The van der Waals surface area contributed by atoms with Crippen molar-refractivity contribution in [2.45, 2.75) is 6.10 Å². The Morgan fingerprint density at radius 1 is 1.27 bits per heavy atom. The third kappa shape index (κ3) is 2.82. The Hall–Kier alpha value is -2.73. The Bertz CT molecular complexity index is 807. The highest BCUT2D eigenvalue weighted by Crippen LogP contribution is 2.23. The van der Waals surface area contributed by atoms with Gasteiger partial charge in [-0.3, -0.25) is 9.48 Å². The number of aromatic nitrogens is 3. The lowest BCUT2D eigenvalue weighted by Gasteiger charge is -2.14. The molecule has 22 heavy (non-hydrogen) atoms. The molecule has 1 heterocycles. The molecule has 1 amide bonds.